The molecule has 0 radical (unpaired) electrons. The first kappa shape index (κ1) is 21.9. The highest BCUT2D eigenvalue weighted by molar-refractivity contribution is 6.04. The predicted molar refractivity (Wildman–Crippen MR) is 131 cm³/mol. The number of benzene rings is 1. The minimum Gasteiger partial charge on any atom is -0.381 e. The highest BCUT2D eigenvalue weighted by Crippen LogP contribution is 2.25. The van der Waals surface area contributed by atoms with E-state index >= 15 is 0 Å². The SMILES string of the molecule is CN1CCC(Nc2cncc(-c3cc4cc(NC(=O)c5ccc(F)cc5)ncc4cn3)c2)CC1. The molecule has 0 aliphatic carbocycles. The molecule has 0 atom stereocenters. The standard InChI is InChI=1S/C26H25FN6O/c1-33-8-6-22(7-9-33)31-23-10-19(13-28-16-23)24-11-18-12-25(30-15-20(18)14-29-24)32-26(34)17-2-4-21(27)5-3-17/h2-5,10-16,22,31H,6-9H2,1H3,(H,30,32,34). The van der Waals surface area contributed by atoms with Crippen molar-refractivity contribution in [1.82, 2.24) is 19.9 Å². The van der Waals surface area contributed by atoms with Gasteiger partial charge in [0.1, 0.15) is 11.6 Å². The molecule has 0 saturated carbocycles. The molecule has 1 aromatic carbocycles. The quantitative estimate of drug-likeness (QED) is 0.457. The van der Waals surface area contributed by atoms with Crippen molar-refractivity contribution >= 4 is 28.2 Å². The maximum Gasteiger partial charge on any atom is 0.256 e. The molecule has 34 heavy (non-hydrogen) atoms. The number of fused-ring (bicyclic) bond motifs is 1. The van der Waals surface area contributed by atoms with E-state index in [-0.39, 0.29) is 11.7 Å². The zero-order chi connectivity index (χ0) is 23.5. The van der Waals surface area contributed by atoms with E-state index in [1.807, 2.05) is 12.3 Å². The number of aromatic nitrogens is 3. The molecule has 4 aromatic rings. The van der Waals surface area contributed by atoms with Gasteiger partial charge in [0.15, 0.2) is 0 Å². The molecule has 1 amide bonds. The third-order valence-electron chi connectivity index (χ3n) is 6.07. The molecule has 0 bridgehead atoms. The number of rotatable bonds is 5. The lowest BCUT2D eigenvalue weighted by molar-refractivity contribution is 0.102. The molecule has 1 aliphatic rings. The van der Waals surface area contributed by atoms with Crippen LogP contribution in [0.3, 0.4) is 0 Å². The average molecular weight is 457 g/mol. The smallest absolute Gasteiger partial charge is 0.256 e. The molecule has 8 heteroatoms. The van der Waals surface area contributed by atoms with Gasteiger partial charge >= 0.3 is 0 Å². The van der Waals surface area contributed by atoms with Crippen molar-refractivity contribution in [1.29, 1.82) is 0 Å². The minimum absolute atomic E-state index is 0.349. The van der Waals surface area contributed by atoms with Crippen molar-refractivity contribution < 1.29 is 9.18 Å². The monoisotopic (exact) mass is 456 g/mol. The zero-order valence-electron chi connectivity index (χ0n) is 18.8. The van der Waals surface area contributed by atoms with Crippen LogP contribution in [0.5, 0.6) is 0 Å². The lowest BCUT2D eigenvalue weighted by Gasteiger charge is -2.30. The van der Waals surface area contributed by atoms with Crippen molar-refractivity contribution in [3.05, 3.63) is 78.6 Å². The molecular weight excluding hydrogens is 431 g/mol. The van der Waals surface area contributed by atoms with E-state index in [9.17, 15) is 9.18 Å². The number of amides is 1. The van der Waals surface area contributed by atoms with Gasteiger partial charge in [0, 0.05) is 47.3 Å². The number of carbonyl (C=O) groups is 1. The van der Waals surface area contributed by atoms with Crippen LogP contribution < -0.4 is 10.6 Å². The molecule has 4 heterocycles. The summed E-state index contributed by atoms with van der Waals surface area (Å²) in [6.45, 7) is 2.18. The van der Waals surface area contributed by atoms with Gasteiger partial charge in [0.25, 0.3) is 5.91 Å². The van der Waals surface area contributed by atoms with Crippen LogP contribution in [0.4, 0.5) is 15.9 Å². The summed E-state index contributed by atoms with van der Waals surface area (Å²) in [6.07, 6.45) is 9.29. The molecule has 2 N–H and O–H groups in total. The van der Waals surface area contributed by atoms with Crippen LogP contribution in [0.2, 0.25) is 0 Å². The number of nitrogens with zero attached hydrogens (tertiary/aromatic N) is 4. The maximum absolute atomic E-state index is 13.1. The van der Waals surface area contributed by atoms with Gasteiger partial charge < -0.3 is 15.5 Å². The van der Waals surface area contributed by atoms with E-state index < -0.39 is 0 Å². The summed E-state index contributed by atoms with van der Waals surface area (Å²) in [4.78, 5) is 28.1. The number of halogens is 1. The third-order valence-corrected chi connectivity index (χ3v) is 6.07. The van der Waals surface area contributed by atoms with Crippen molar-refractivity contribution in [2.24, 2.45) is 0 Å². The van der Waals surface area contributed by atoms with Gasteiger partial charge in [-0.15, -0.1) is 0 Å². The Balaban J connectivity index is 1.35. The fourth-order valence-electron chi connectivity index (χ4n) is 4.10. The number of hydrogen-bond acceptors (Lipinski definition) is 6. The molecule has 3 aromatic heterocycles. The summed E-state index contributed by atoms with van der Waals surface area (Å²) in [6, 6.07) is 11.7. The fraction of sp³-hybridized carbons (Fsp3) is 0.231. The van der Waals surface area contributed by atoms with Gasteiger partial charge in [0.2, 0.25) is 0 Å². The molecule has 7 nitrogen and oxygen atoms in total. The first-order valence-electron chi connectivity index (χ1n) is 11.3. The van der Waals surface area contributed by atoms with Gasteiger partial charge in [-0.05, 0) is 80.8 Å². The second kappa shape index (κ2) is 9.52. The highest BCUT2D eigenvalue weighted by Gasteiger charge is 2.16. The Morgan fingerprint density at radius 2 is 1.74 bits per heavy atom. The largest absolute Gasteiger partial charge is 0.381 e. The number of hydrogen-bond donors (Lipinski definition) is 2. The van der Waals surface area contributed by atoms with Gasteiger partial charge in [-0.25, -0.2) is 9.37 Å². The Morgan fingerprint density at radius 3 is 2.53 bits per heavy atom. The van der Waals surface area contributed by atoms with Gasteiger partial charge in [-0.1, -0.05) is 0 Å². The summed E-state index contributed by atoms with van der Waals surface area (Å²) in [7, 11) is 2.15. The lowest BCUT2D eigenvalue weighted by atomic mass is 10.0. The number of pyridine rings is 3. The Labute approximate surface area is 197 Å². The van der Waals surface area contributed by atoms with E-state index in [1.54, 1.807) is 24.7 Å². The number of piperidine rings is 1. The number of carbonyl (C=O) groups excluding carboxylic acids is 1. The highest BCUT2D eigenvalue weighted by atomic mass is 19.1. The molecule has 172 valence electrons. The van der Waals surface area contributed by atoms with Gasteiger partial charge in [0.05, 0.1) is 11.4 Å². The summed E-state index contributed by atoms with van der Waals surface area (Å²) < 4.78 is 13.1. The minimum atomic E-state index is -0.388. The second-order valence-electron chi connectivity index (χ2n) is 8.63. The Kier molecular flexibility index (Phi) is 6.14. The lowest BCUT2D eigenvalue weighted by Crippen LogP contribution is -2.36. The Morgan fingerprint density at radius 1 is 0.971 bits per heavy atom. The maximum atomic E-state index is 13.1. The summed E-state index contributed by atoms with van der Waals surface area (Å²) in [5.41, 5.74) is 3.04. The van der Waals surface area contributed by atoms with Crippen LogP contribution in [0.1, 0.15) is 23.2 Å². The topological polar surface area (TPSA) is 83.0 Å². The van der Waals surface area contributed by atoms with Crippen LogP contribution in [-0.4, -0.2) is 51.9 Å². The van der Waals surface area contributed by atoms with E-state index in [0.29, 0.717) is 17.4 Å². The predicted octanol–water partition coefficient (Wildman–Crippen LogP) is 4.59. The molecular formula is C26H25FN6O. The normalized spacial score (nSPS) is 14.8. The molecule has 5 rings (SSSR count). The van der Waals surface area contributed by atoms with Crippen molar-refractivity contribution in [3.63, 3.8) is 0 Å². The van der Waals surface area contributed by atoms with Gasteiger partial charge in [-0.3, -0.25) is 14.8 Å². The van der Waals surface area contributed by atoms with E-state index in [0.717, 1.165) is 53.6 Å². The first-order valence-corrected chi connectivity index (χ1v) is 11.3. The number of nitrogens with one attached hydrogen (secondary N) is 2. The van der Waals surface area contributed by atoms with Crippen molar-refractivity contribution in [2.45, 2.75) is 18.9 Å². The van der Waals surface area contributed by atoms with Crippen LogP contribution in [0.25, 0.3) is 22.0 Å². The summed E-state index contributed by atoms with van der Waals surface area (Å²) >= 11 is 0. The van der Waals surface area contributed by atoms with E-state index in [4.69, 9.17) is 0 Å². The first-order chi connectivity index (χ1) is 16.5. The number of anilines is 2. The van der Waals surface area contributed by atoms with Gasteiger partial charge in [-0.2, -0.15) is 0 Å². The third kappa shape index (κ3) is 5.02. The van der Waals surface area contributed by atoms with Crippen LogP contribution in [0, 0.1) is 5.82 Å². The van der Waals surface area contributed by atoms with E-state index in [1.165, 1.54) is 24.3 Å². The van der Waals surface area contributed by atoms with E-state index in [2.05, 4.69) is 43.6 Å². The average Bonchev–Trinajstić information content (AvgIpc) is 2.85. The molecule has 1 saturated heterocycles. The van der Waals surface area contributed by atoms with Crippen molar-refractivity contribution in [3.8, 4) is 11.3 Å². The van der Waals surface area contributed by atoms with Crippen LogP contribution >= 0.6 is 0 Å². The molecule has 1 aliphatic heterocycles. The van der Waals surface area contributed by atoms with Crippen LogP contribution in [0.15, 0.2) is 67.3 Å². The molecule has 0 unspecified atom stereocenters. The Bertz CT molecular complexity index is 1320. The zero-order valence-corrected chi connectivity index (χ0v) is 18.8. The second-order valence-corrected chi connectivity index (χ2v) is 8.63. The van der Waals surface area contributed by atoms with Crippen molar-refractivity contribution in [2.75, 3.05) is 30.8 Å². The molecule has 1 fully saturated rings. The summed E-state index contributed by atoms with van der Waals surface area (Å²) in [5, 5.41) is 8.12. The molecule has 0 spiro atoms. The Hall–Kier alpha value is -3.91. The summed E-state index contributed by atoms with van der Waals surface area (Å²) in [5.74, 6) is -0.326. The fourth-order valence-corrected chi connectivity index (χ4v) is 4.10. The number of likely N-dealkylation sites (tertiary alicyclic amines) is 1. The van der Waals surface area contributed by atoms with Crippen LogP contribution in [-0.2, 0) is 0 Å².